The molecule has 5 rings (SSSR count). The Hall–Kier alpha value is -3.81. The normalized spacial score (nSPS) is 14.4. The van der Waals surface area contributed by atoms with Crippen LogP contribution in [0.3, 0.4) is 0 Å². The highest BCUT2D eigenvalue weighted by Gasteiger charge is 2.51. The summed E-state index contributed by atoms with van der Waals surface area (Å²) in [4.78, 5) is 26.1. The molecule has 0 spiro atoms. The first-order valence-corrected chi connectivity index (χ1v) is 11.0. The number of carbonyl (C=O) groups is 1. The van der Waals surface area contributed by atoms with Gasteiger partial charge in [-0.05, 0) is 66.6 Å². The molecular weight excluding hydrogens is 420 g/mol. The first kappa shape index (κ1) is 21.1. The van der Waals surface area contributed by atoms with Gasteiger partial charge in [0.1, 0.15) is 11.5 Å². The van der Waals surface area contributed by atoms with Crippen molar-refractivity contribution in [2.24, 2.45) is 0 Å². The molecule has 1 amide bonds. The van der Waals surface area contributed by atoms with Crippen molar-refractivity contribution in [2.45, 2.75) is 31.7 Å². The first-order chi connectivity index (χ1) is 16.0. The molecule has 1 fully saturated rings. The average Bonchev–Trinajstić information content (AvgIpc) is 3.58. The van der Waals surface area contributed by atoms with Gasteiger partial charge in [-0.25, -0.2) is 13.9 Å². The molecule has 2 aromatic heterocycles. The Morgan fingerprint density at radius 1 is 1.06 bits per heavy atom. The minimum atomic E-state index is -0.487. The van der Waals surface area contributed by atoms with E-state index in [0.29, 0.717) is 17.9 Å². The summed E-state index contributed by atoms with van der Waals surface area (Å²) < 4.78 is 13.6. The molecule has 170 valence electrons. The number of aromatic nitrogens is 3. The van der Waals surface area contributed by atoms with E-state index in [1.165, 1.54) is 4.68 Å². The van der Waals surface area contributed by atoms with Crippen LogP contribution < -0.4 is 20.5 Å². The van der Waals surface area contributed by atoms with Gasteiger partial charge in [0.25, 0.3) is 0 Å². The zero-order valence-electron chi connectivity index (χ0n) is 18.9. The fourth-order valence-electron chi connectivity index (χ4n) is 4.42. The van der Waals surface area contributed by atoms with Gasteiger partial charge in [0.15, 0.2) is 5.65 Å². The number of fused-ring (bicyclic) bond motifs is 3. The molecule has 8 nitrogen and oxygen atoms in total. The van der Waals surface area contributed by atoms with E-state index >= 15 is 0 Å². The summed E-state index contributed by atoms with van der Waals surface area (Å²) in [6.45, 7) is 2.54. The molecule has 0 aliphatic heterocycles. The SMILES string of the molecule is COc1ccc(C2(C(=O)NCCn3nc4c(C)cc5ccc(OC)cc5n4c3=O)CC2)cc1. The standard InChI is InChI=1S/C25H26N4O4/c1-16-14-17-4-7-20(33-3)15-21(17)29-22(16)27-28(24(29)31)13-12-26-23(30)25(10-11-25)18-5-8-19(32-2)9-6-18/h4-9,14-15H,10-13H2,1-3H3,(H,26,30). The Labute approximate surface area is 190 Å². The molecule has 1 N–H and O–H groups in total. The molecule has 2 heterocycles. The van der Waals surface area contributed by atoms with E-state index in [2.05, 4.69) is 10.4 Å². The van der Waals surface area contributed by atoms with E-state index in [4.69, 9.17) is 9.47 Å². The van der Waals surface area contributed by atoms with Crippen LogP contribution >= 0.6 is 0 Å². The third-order valence-corrected chi connectivity index (χ3v) is 6.48. The summed E-state index contributed by atoms with van der Waals surface area (Å²) in [6.07, 6.45) is 1.62. The largest absolute Gasteiger partial charge is 0.497 e. The smallest absolute Gasteiger partial charge is 0.350 e. The van der Waals surface area contributed by atoms with Crippen LogP contribution in [0.25, 0.3) is 16.6 Å². The lowest BCUT2D eigenvalue weighted by molar-refractivity contribution is -0.123. The molecule has 1 aliphatic carbocycles. The van der Waals surface area contributed by atoms with Crippen molar-refractivity contribution >= 4 is 22.5 Å². The quantitative estimate of drug-likeness (QED) is 0.472. The van der Waals surface area contributed by atoms with E-state index in [1.807, 2.05) is 55.5 Å². The van der Waals surface area contributed by atoms with Crippen molar-refractivity contribution < 1.29 is 14.3 Å². The molecule has 0 radical (unpaired) electrons. The van der Waals surface area contributed by atoms with Gasteiger partial charge >= 0.3 is 5.69 Å². The third-order valence-electron chi connectivity index (χ3n) is 6.48. The number of pyridine rings is 1. The molecule has 4 aromatic rings. The number of nitrogens with zero attached hydrogens (tertiary/aromatic N) is 3. The topological polar surface area (TPSA) is 86.9 Å². The number of ether oxygens (including phenoxy) is 2. The second-order valence-corrected chi connectivity index (χ2v) is 8.48. The van der Waals surface area contributed by atoms with Gasteiger partial charge in [0.2, 0.25) is 5.91 Å². The highest BCUT2D eigenvalue weighted by atomic mass is 16.5. The van der Waals surface area contributed by atoms with E-state index in [1.54, 1.807) is 18.6 Å². The molecule has 0 unspecified atom stereocenters. The predicted octanol–water partition coefficient (Wildman–Crippen LogP) is 2.82. The number of hydrogen-bond donors (Lipinski definition) is 1. The number of benzene rings is 2. The summed E-state index contributed by atoms with van der Waals surface area (Å²) >= 11 is 0. The molecule has 0 bridgehead atoms. The lowest BCUT2D eigenvalue weighted by Gasteiger charge is -2.16. The number of aryl methyl sites for hydroxylation is 1. The number of carbonyl (C=O) groups excluding carboxylic acids is 1. The van der Waals surface area contributed by atoms with Crippen molar-refractivity contribution in [1.82, 2.24) is 19.5 Å². The minimum absolute atomic E-state index is 0.0177. The Morgan fingerprint density at radius 2 is 1.76 bits per heavy atom. The van der Waals surface area contributed by atoms with Crippen LogP contribution in [-0.4, -0.2) is 40.9 Å². The summed E-state index contributed by atoms with van der Waals surface area (Å²) in [7, 11) is 3.22. The average molecular weight is 447 g/mol. The van der Waals surface area contributed by atoms with E-state index < -0.39 is 5.41 Å². The molecule has 8 heteroatoms. The van der Waals surface area contributed by atoms with Gasteiger partial charge in [-0.1, -0.05) is 12.1 Å². The Kier molecular flexibility index (Phi) is 5.08. The molecule has 33 heavy (non-hydrogen) atoms. The summed E-state index contributed by atoms with van der Waals surface area (Å²) in [5.74, 6) is 1.42. The van der Waals surface area contributed by atoms with Crippen molar-refractivity contribution in [2.75, 3.05) is 20.8 Å². The van der Waals surface area contributed by atoms with Crippen LogP contribution in [0, 0.1) is 6.92 Å². The summed E-state index contributed by atoms with van der Waals surface area (Å²) in [6, 6.07) is 15.3. The highest BCUT2D eigenvalue weighted by Crippen LogP contribution is 2.48. The van der Waals surface area contributed by atoms with Crippen LogP contribution in [0.1, 0.15) is 24.0 Å². The second kappa shape index (κ2) is 7.95. The molecule has 0 atom stereocenters. The number of hydrogen-bond acceptors (Lipinski definition) is 5. The monoisotopic (exact) mass is 446 g/mol. The van der Waals surface area contributed by atoms with Crippen molar-refractivity contribution in [3.05, 3.63) is 70.1 Å². The van der Waals surface area contributed by atoms with Gasteiger partial charge in [0, 0.05) is 12.6 Å². The van der Waals surface area contributed by atoms with Crippen LogP contribution in [0.5, 0.6) is 11.5 Å². The number of rotatable bonds is 7. The van der Waals surface area contributed by atoms with Gasteiger partial charge in [-0.15, -0.1) is 5.10 Å². The lowest BCUT2D eigenvalue weighted by atomic mass is 9.95. The van der Waals surface area contributed by atoms with Crippen molar-refractivity contribution in [1.29, 1.82) is 0 Å². The Morgan fingerprint density at radius 3 is 2.42 bits per heavy atom. The number of amides is 1. The molecule has 0 saturated heterocycles. The Balaban J connectivity index is 1.36. The fourth-order valence-corrected chi connectivity index (χ4v) is 4.42. The molecule has 1 aliphatic rings. The van der Waals surface area contributed by atoms with Crippen LogP contribution in [-0.2, 0) is 16.8 Å². The Bertz CT molecular complexity index is 1410. The van der Waals surface area contributed by atoms with Gasteiger partial charge in [-0.3, -0.25) is 4.79 Å². The molecule has 2 aromatic carbocycles. The fraction of sp³-hybridized carbons (Fsp3) is 0.320. The number of methoxy groups -OCH3 is 2. The third kappa shape index (κ3) is 3.51. The van der Waals surface area contributed by atoms with Crippen molar-refractivity contribution in [3.63, 3.8) is 0 Å². The summed E-state index contributed by atoms with van der Waals surface area (Å²) in [5.41, 5.74) is 2.51. The molecule has 1 saturated carbocycles. The van der Waals surface area contributed by atoms with Crippen LogP contribution in [0.2, 0.25) is 0 Å². The van der Waals surface area contributed by atoms with Crippen molar-refractivity contribution in [3.8, 4) is 11.5 Å². The maximum atomic E-state index is 13.2. The maximum Gasteiger partial charge on any atom is 0.350 e. The van der Waals surface area contributed by atoms with Gasteiger partial charge in [0.05, 0.1) is 31.7 Å². The van der Waals surface area contributed by atoms with E-state index in [9.17, 15) is 9.59 Å². The second-order valence-electron chi connectivity index (χ2n) is 8.48. The highest BCUT2D eigenvalue weighted by molar-refractivity contribution is 5.91. The van der Waals surface area contributed by atoms with Crippen LogP contribution in [0.15, 0.2) is 53.3 Å². The zero-order chi connectivity index (χ0) is 23.2. The maximum absolute atomic E-state index is 13.2. The zero-order valence-corrected chi connectivity index (χ0v) is 18.9. The van der Waals surface area contributed by atoms with Gasteiger partial charge < -0.3 is 14.8 Å². The number of nitrogens with one attached hydrogen (secondary N) is 1. The summed E-state index contributed by atoms with van der Waals surface area (Å²) in [5, 5.41) is 8.47. The minimum Gasteiger partial charge on any atom is -0.497 e. The van der Waals surface area contributed by atoms with E-state index in [-0.39, 0.29) is 18.1 Å². The molecular formula is C25H26N4O4. The van der Waals surface area contributed by atoms with E-state index in [0.717, 1.165) is 40.6 Å². The van der Waals surface area contributed by atoms with Crippen LogP contribution in [0.4, 0.5) is 0 Å². The van der Waals surface area contributed by atoms with Gasteiger partial charge in [-0.2, -0.15) is 0 Å². The lowest BCUT2D eigenvalue weighted by Crippen LogP contribution is -2.37. The predicted molar refractivity (Wildman–Crippen MR) is 125 cm³/mol. The first-order valence-electron chi connectivity index (χ1n) is 11.0.